The van der Waals surface area contributed by atoms with Crippen LogP contribution in [0.3, 0.4) is 0 Å². The van der Waals surface area contributed by atoms with Crippen LogP contribution in [0.4, 0.5) is 13.2 Å². The molecule has 0 saturated heterocycles. The molecule has 2 rings (SSSR count). The summed E-state index contributed by atoms with van der Waals surface area (Å²) in [7, 11) is 0. The van der Waals surface area contributed by atoms with Crippen LogP contribution >= 0.6 is 0 Å². The first kappa shape index (κ1) is 20.9. The monoisotopic (exact) mass is 378 g/mol. The Hall–Kier alpha value is -2.44. The highest BCUT2D eigenvalue weighted by molar-refractivity contribution is 6.00. The molecule has 7 heteroatoms. The molecule has 0 N–H and O–H groups in total. The number of nitrogens with zero attached hydrogens (tertiary/aromatic N) is 4. The molecule has 0 saturated carbocycles. The largest absolute Gasteiger partial charge is 0.266 e. The van der Waals surface area contributed by atoms with Gasteiger partial charge in [0, 0.05) is 30.2 Å². The second kappa shape index (κ2) is 10.0. The fraction of sp³-hybridized carbons (Fsp3) is 0.450. The van der Waals surface area contributed by atoms with Crippen molar-refractivity contribution in [1.82, 2.24) is 9.99 Å². The highest BCUT2D eigenvalue weighted by Gasteiger charge is 2.18. The molecule has 0 unspecified atom stereocenters. The molecule has 1 aliphatic rings. The standard InChI is InChI=1S/C20H25F3N4/c1-4-17(11-25-14(2)5-8-20(22)23)19-7-6-15(3)27(26-19)13-16-9-18(21)12-24-10-16/h9-12,20H,3-8,13H2,1-2H3/b17-11+,25-14+. The number of rotatable bonds is 8. The SMILES string of the molecule is C=C1CCC(/C(=C/N=C(\C)CCC(F)F)CC)=NN1Cc1cncc(F)c1. The smallest absolute Gasteiger partial charge is 0.239 e. The minimum atomic E-state index is -2.32. The van der Waals surface area contributed by atoms with Crippen LogP contribution in [0.5, 0.6) is 0 Å². The van der Waals surface area contributed by atoms with Crippen molar-refractivity contribution in [3.05, 3.63) is 53.9 Å². The maximum Gasteiger partial charge on any atom is 0.239 e. The van der Waals surface area contributed by atoms with Crippen molar-refractivity contribution < 1.29 is 13.2 Å². The zero-order valence-corrected chi connectivity index (χ0v) is 15.8. The Labute approximate surface area is 158 Å². The van der Waals surface area contributed by atoms with Gasteiger partial charge >= 0.3 is 0 Å². The molecular formula is C20H25F3N4. The maximum absolute atomic E-state index is 13.4. The van der Waals surface area contributed by atoms with Gasteiger partial charge in [-0.15, -0.1) is 0 Å². The van der Waals surface area contributed by atoms with Crippen LogP contribution in [0.25, 0.3) is 0 Å². The first-order valence-corrected chi connectivity index (χ1v) is 9.02. The van der Waals surface area contributed by atoms with E-state index in [9.17, 15) is 13.2 Å². The summed E-state index contributed by atoms with van der Waals surface area (Å²) < 4.78 is 38.0. The van der Waals surface area contributed by atoms with Gasteiger partial charge < -0.3 is 0 Å². The van der Waals surface area contributed by atoms with E-state index >= 15 is 0 Å². The van der Waals surface area contributed by atoms with E-state index in [0.29, 0.717) is 17.8 Å². The molecule has 1 aromatic rings. The third-order valence-corrected chi connectivity index (χ3v) is 4.27. The van der Waals surface area contributed by atoms with E-state index in [1.54, 1.807) is 24.3 Å². The van der Waals surface area contributed by atoms with Gasteiger partial charge in [-0.1, -0.05) is 13.5 Å². The zero-order chi connectivity index (χ0) is 19.8. The van der Waals surface area contributed by atoms with Gasteiger partial charge in [-0.2, -0.15) is 5.10 Å². The Morgan fingerprint density at radius 3 is 2.81 bits per heavy atom. The Balaban J connectivity index is 2.15. The van der Waals surface area contributed by atoms with Crippen molar-refractivity contribution in [3.8, 4) is 0 Å². The lowest BCUT2D eigenvalue weighted by Crippen LogP contribution is -2.24. The predicted molar refractivity (Wildman–Crippen MR) is 102 cm³/mol. The Kier molecular flexibility index (Phi) is 7.76. The molecular weight excluding hydrogens is 353 g/mol. The average Bonchev–Trinajstić information content (AvgIpc) is 2.63. The average molecular weight is 378 g/mol. The van der Waals surface area contributed by atoms with Crippen LogP contribution in [0.15, 0.2) is 52.6 Å². The molecule has 0 spiro atoms. The van der Waals surface area contributed by atoms with Gasteiger partial charge in [-0.3, -0.25) is 15.0 Å². The van der Waals surface area contributed by atoms with Crippen molar-refractivity contribution in [2.24, 2.45) is 10.1 Å². The van der Waals surface area contributed by atoms with E-state index in [2.05, 4.69) is 21.7 Å². The van der Waals surface area contributed by atoms with Gasteiger partial charge in [-0.05, 0) is 49.8 Å². The van der Waals surface area contributed by atoms with E-state index in [1.807, 2.05) is 6.92 Å². The van der Waals surface area contributed by atoms with Crippen molar-refractivity contribution in [2.75, 3.05) is 0 Å². The van der Waals surface area contributed by atoms with Gasteiger partial charge in [0.15, 0.2) is 0 Å². The second-order valence-corrected chi connectivity index (χ2v) is 6.48. The van der Waals surface area contributed by atoms with Gasteiger partial charge in [-0.25, -0.2) is 13.2 Å². The molecule has 0 aromatic carbocycles. The van der Waals surface area contributed by atoms with E-state index in [0.717, 1.165) is 42.4 Å². The summed E-state index contributed by atoms with van der Waals surface area (Å²) in [5, 5.41) is 6.41. The molecule has 0 atom stereocenters. The van der Waals surface area contributed by atoms with Crippen molar-refractivity contribution in [1.29, 1.82) is 0 Å². The molecule has 0 radical (unpaired) electrons. The quantitative estimate of drug-likeness (QED) is 0.562. The van der Waals surface area contributed by atoms with Crippen LogP contribution < -0.4 is 0 Å². The van der Waals surface area contributed by atoms with Crippen LogP contribution in [0.2, 0.25) is 0 Å². The Bertz CT molecular complexity index is 753. The lowest BCUT2D eigenvalue weighted by molar-refractivity contribution is 0.140. The topological polar surface area (TPSA) is 40.9 Å². The van der Waals surface area contributed by atoms with Crippen molar-refractivity contribution >= 4 is 11.4 Å². The molecule has 0 amide bonds. The number of hydrogen-bond acceptors (Lipinski definition) is 4. The number of pyridine rings is 1. The lowest BCUT2D eigenvalue weighted by Gasteiger charge is -2.28. The molecule has 4 nitrogen and oxygen atoms in total. The normalized spacial score (nSPS) is 16.1. The Morgan fingerprint density at radius 1 is 1.37 bits per heavy atom. The van der Waals surface area contributed by atoms with Gasteiger partial charge in [0.2, 0.25) is 6.43 Å². The number of hydrogen-bond donors (Lipinski definition) is 0. The lowest BCUT2D eigenvalue weighted by atomic mass is 10.0. The molecule has 0 aliphatic carbocycles. The zero-order valence-electron chi connectivity index (χ0n) is 15.8. The predicted octanol–water partition coefficient (Wildman–Crippen LogP) is 5.49. The molecule has 2 heterocycles. The summed E-state index contributed by atoms with van der Waals surface area (Å²) in [6.07, 6.45) is 4.47. The summed E-state index contributed by atoms with van der Waals surface area (Å²) in [6, 6.07) is 1.43. The van der Waals surface area contributed by atoms with Crippen LogP contribution in [-0.4, -0.2) is 27.8 Å². The highest BCUT2D eigenvalue weighted by atomic mass is 19.3. The van der Waals surface area contributed by atoms with Gasteiger partial charge in [0.05, 0.1) is 18.5 Å². The molecule has 1 aliphatic heterocycles. The van der Waals surface area contributed by atoms with Crippen molar-refractivity contribution in [3.63, 3.8) is 0 Å². The van der Waals surface area contributed by atoms with Crippen LogP contribution in [0.1, 0.15) is 51.5 Å². The number of alkyl halides is 2. The Morgan fingerprint density at radius 2 is 2.15 bits per heavy atom. The number of aromatic nitrogens is 1. The first-order valence-electron chi connectivity index (χ1n) is 9.02. The number of aliphatic imine (C=N–C) groups is 1. The maximum atomic E-state index is 13.4. The van der Waals surface area contributed by atoms with E-state index in [4.69, 9.17) is 0 Å². The molecule has 146 valence electrons. The molecule has 1 aromatic heterocycles. The summed E-state index contributed by atoms with van der Waals surface area (Å²) in [4.78, 5) is 8.18. The number of hydrazone groups is 1. The minimum absolute atomic E-state index is 0.180. The first-order chi connectivity index (χ1) is 12.9. The summed E-state index contributed by atoms with van der Waals surface area (Å²) in [6.45, 7) is 8.18. The number of halogens is 3. The van der Waals surface area contributed by atoms with E-state index in [1.165, 1.54) is 6.07 Å². The van der Waals surface area contributed by atoms with Crippen molar-refractivity contribution in [2.45, 2.75) is 58.9 Å². The van der Waals surface area contributed by atoms with E-state index in [-0.39, 0.29) is 18.7 Å². The highest BCUT2D eigenvalue weighted by Crippen LogP contribution is 2.24. The molecule has 0 fully saturated rings. The van der Waals surface area contributed by atoms with Gasteiger partial charge in [0.1, 0.15) is 5.82 Å². The number of allylic oxidation sites excluding steroid dienone is 2. The minimum Gasteiger partial charge on any atom is -0.266 e. The van der Waals surface area contributed by atoms with Gasteiger partial charge in [0.25, 0.3) is 0 Å². The molecule has 0 bridgehead atoms. The van der Waals surface area contributed by atoms with Crippen LogP contribution in [-0.2, 0) is 6.54 Å². The second-order valence-electron chi connectivity index (χ2n) is 6.48. The molecule has 27 heavy (non-hydrogen) atoms. The fourth-order valence-corrected chi connectivity index (χ4v) is 2.69. The van der Waals surface area contributed by atoms with Crippen LogP contribution in [0, 0.1) is 5.82 Å². The summed E-state index contributed by atoms with van der Waals surface area (Å²) in [5.74, 6) is -0.387. The van der Waals surface area contributed by atoms with E-state index < -0.39 is 6.43 Å². The summed E-state index contributed by atoms with van der Waals surface area (Å²) >= 11 is 0. The third-order valence-electron chi connectivity index (χ3n) is 4.27. The third kappa shape index (κ3) is 6.66. The fourth-order valence-electron chi connectivity index (χ4n) is 2.69. The summed E-state index contributed by atoms with van der Waals surface area (Å²) in [5.41, 5.74) is 4.09.